The van der Waals surface area contributed by atoms with Crippen LogP contribution in [0.1, 0.15) is 61.9 Å². The molecule has 0 fully saturated rings. The molecule has 214 valence electrons. The van der Waals surface area contributed by atoms with Gasteiger partial charge in [0.25, 0.3) is 0 Å². The zero-order chi connectivity index (χ0) is 30.4. The third-order valence-electron chi connectivity index (χ3n) is 9.88. The normalized spacial score (nSPS) is 16.6. The number of hydrogen-bond acceptors (Lipinski definition) is 2. The molecule has 2 nitrogen and oxygen atoms in total. The van der Waals surface area contributed by atoms with Gasteiger partial charge in [-0.25, -0.2) is 0 Å². The quantitative estimate of drug-likeness (QED) is 0.183. The molecule has 0 spiro atoms. The minimum Gasteiger partial charge on any atom is -0.310 e. The molecule has 4 heterocycles. The Morgan fingerprint density at radius 3 is 2.00 bits per heavy atom. The third kappa shape index (κ3) is 3.49. The monoisotopic (exact) mass is 586 g/mol. The summed E-state index contributed by atoms with van der Waals surface area (Å²) in [5, 5.41) is 3.33. The molecule has 0 atom stereocenters. The SMILES string of the molecule is C#Cc1c2n(c3ccc(-c4ccc(N5c6ccccc6C(C)(C)c6ccccc65)cc4)cc13)-c1ccsc1C(C)(C)C2=CC. The van der Waals surface area contributed by atoms with Crippen molar-refractivity contribution < 1.29 is 0 Å². The van der Waals surface area contributed by atoms with Crippen LogP contribution in [0.3, 0.4) is 0 Å². The zero-order valence-electron chi connectivity index (χ0n) is 25.8. The van der Waals surface area contributed by atoms with Crippen LogP contribution in [-0.2, 0) is 10.8 Å². The van der Waals surface area contributed by atoms with Gasteiger partial charge in [-0.15, -0.1) is 17.8 Å². The lowest BCUT2D eigenvalue weighted by Gasteiger charge is -2.42. The van der Waals surface area contributed by atoms with Crippen molar-refractivity contribution in [3.63, 3.8) is 0 Å². The molecule has 2 aliphatic rings. The Kier molecular flexibility index (Phi) is 5.70. The molecule has 0 saturated heterocycles. The molecule has 3 heteroatoms. The molecule has 4 aromatic carbocycles. The molecule has 0 saturated carbocycles. The van der Waals surface area contributed by atoms with E-state index >= 15 is 0 Å². The van der Waals surface area contributed by atoms with Crippen molar-refractivity contribution in [2.75, 3.05) is 4.90 Å². The second-order valence-electron chi connectivity index (χ2n) is 12.9. The maximum atomic E-state index is 6.28. The molecular weight excluding hydrogens is 553 g/mol. The Hall–Kier alpha value is -4.78. The van der Waals surface area contributed by atoms with Crippen molar-refractivity contribution >= 4 is 44.9 Å². The lowest BCUT2D eigenvalue weighted by molar-refractivity contribution is 0.632. The number of allylic oxidation sites excluding steroid dienone is 2. The third-order valence-corrected chi connectivity index (χ3v) is 11.1. The van der Waals surface area contributed by atoms with Gasteiger partial charge in [-0.3, -0.25) is 0 Å². The van der Waals surface area contributed by atoms with Crippen LogP contribution < -0.4 is 4.90 Å². The molecule has 2 aliphatic heterocycles. The molecule has 2 aromatic heterocycles. The van der Waals surface area contributed by atoms with Gasteiger partial charge in [0, 0.05) is 26.8 Å². The average molecular weight is 587 g/mol. The van der Waals surface area contributed by atoms with Gasteiger partial charge in [-0.1, -0.05) is 94.3 Å². The number of nitrogens with zero attached hydrogens (tertiary/aromatic N) is 2. The molecular formula is C41H34N2S. The highest BCUT2D eigenvalue weighted by Crippen LogP contribution is 2.53. The molecule has 0 unspecified atom stereocenters. The number of fused-ring (bicyclic) bond motifs is 7. The van der Waals surface area contributed by atoms with Gasteiger partial charge >= 0.3 is 0 Å². The molecule has 6 aromatic rings. The number of para-hydroxylation sites is 2. The van der Waals surface area contributed by atoms with E-state index in [9.17, 15) is 0 Å². The predicted octanol–water partition coefficient (Wildman–Crippen LogP) is 11.1. The van der Waals surface area contributed by atoms with E-state index in [2.05, 4.69) is 159 Å². The first-order chi connectivity index (χ1) is 21.3. The summed E-state index contributed by atoms with van der Waals surface area (Å²) >= 11 is 1.83. The number of hydrogen-bond donors (Lipinski definition) is 0. The predicted molar refractivity (Wildman–Crippen MR) is 188 cm³/mol. The van der Waals surface area contributed by atoms with E-state index in [4.69, 9.17) is 6.42 Å². The molecule has 0 aliphatic carbocycles. The standard InChI is InChI=1S/C41H34N2S/c1-7-29-30-25-27(19-22-34(30)43-37-23-24-44-39(37)41(5,6)31(8-2)38(29)43)26-17-20-28(21-18-26)42-35-15-11-9-13-32(35)40(3,4)33-14-10-12-16-36(33)42/h1,8-25H,2-6H3. The fourth-order valence-corrected chi connectivity index (χ4v) is 8.75. The maximum absolute atomic E-state index is 6.28. The van der Waals surface area contributed by atoms with Gasteiger partial charge in [0.2, 0.25) is 0 Å². The molecule has 0 bridgehead atoms. The van der Waals surface area contributed by atoms with Gasteiger partial charge < -0.3 is 9.47 Å². The van der Waals surface area contributed by atoms with E-state index in [1.165, 1.54) is 44.2 Å². The Morgan fingerprint density at radius 2 is 1.36 bits per heavy atom. The topological polar surface area (TPSA) is 8.17 Å². The summed E-state index contributed by atoms with van der Waals surface area (Å²) in [6, 6.07) is 35.6. The minimum absolute atomic E-state index is 0.0731. The highest BCUT2D eigenvalue weighted by Gasteiger charge is 2.39. The first-order valence-corrected chi connectivity index (χ1v) is 16.2. The second kappa shape index (κ2) is 9.36. The van der Waals surface area contributed by atoms with Crippen LogP contribution in [0.2, 0.25) is 0 Å². The van der Waals surface area contributed by atoms with E-state index < -0.39 is 0 Å². The fraction of sp³-hybridized carbons (Fsp3) is 0.171. The lowest BCUT2D eigenvalue weighted by atomic mass is 9.73. The van der Waals surface area contributed by atoms with Crippen molar-refractivity contribution in [1.82, 2.24) is 4.57 Å². The van der Waals surface area contributed by atoms with E-state index in [0.29, 0.717) is 0 Å². The van der Waals surface area contributed by atoms with Crippen molar-refractivity contribution in [2.24, 2.45) is 0 Å². The van der Waals surface area contributed by atoms with Crippen LogP contribution in [-0.4, -0.2) is 4.57 Å². The Bertz CT molecular complexity index is 2140. The molecule has 0 amide bonds. The van der Waals surface area contributed by atoms with Crippen LogP contribution in [0.4, 0.5) is 17.1 Å². The summed E-state index contributed by atoms with van der Waals surface area (Å²) in [7, 11) is 0. The van der Waals surface area contributed by atoms with Crippen LogP contribution in [0.5, 0.6) is 0 Å². The molecule has 0 N–H and O–H groups in total. The Balaban J connectivity index is 1.25. The first kappa shape index (κ1) is 26.8. The van der Waals surface area contributed by atoms with Crippen molar-refractivity contribution in [3.8, 4) is 29.2 Å². The van der Waals surface area contributed by atoms with Crippen molar-refractivity contribution in [3.05, 3.63) is 136 Å². The summed E-state index contributed by atoms with van der Waals surface area (Å²) < 4.78 is 2.39. The van der Waals surface area contributed by atoms with Crippen LogP contribution in [0.15, 0.2) is 109 Å². The Labute approximate surface area is 263 Å². The number of anilines is 3. The highest BCUT2D eigenvalue weighted by atomic mass is 32.1. The van der Waals surface area contributed by atoms with Gasteiger partial charge in [0.15, 0.2) is 0 Å². The van der Waals surface area contributed by atoms with Gasteiger partial charge in [-0.05, 0) is 82.6 Å². The highest BCUT2D eigenvalue weighted by molar-refractivity contribution is 7.10. The summed E-state index contributed by atoms with van der Waals surface area (Å²) in [6.45, 7) is 11.4. The average Bonchev–Trinajstić information content (AvgIpc) is 3.65. The number of benzene rings is 4. The number of rotatable bonds is 2. The summed E-state index contributed by atoms with van der Waals surface area (Å²) in [5.74, 6) is 3.09. The van der Waals surface area contributed by atoms with Crippen molar-refractivity contribution in [1.29, 1.82) is 0 Å². The van der Waals surface area contributed by atoms with E-state index in [-0.39, 0.29) is 10.8 Å². The lowest BCUT2D eigenvalue weighted by Crippen LogP contribution is -2.30. The van der Waals surface area contributed by atoms with Crippen molar-refractivity contribution in [2.45, 2.75) is 45.4 Å². The summed E-state index contributed by atoms with van der Waals surface area (Å²) in [6.07, 6.45) is 8.52. The van der Waals surface area contributed by atoms with Crippen LogP contribution in [0.25, 0.3) is 33.3 Å². The maximum Gasteiger partial charge on any atom is 0.0663 e. The molecule has 44 heavy (non-hydrogen) atoms. The van der Waals surface area contributed by atoms with E-state index in [1.54, 1.807) is 0 Å². The smallest absolute Gasteiger partial charge is 0.0663 e. The van der Waals surface area contributed by atoms with E-state index in [0.717, 1.165) is 33.4 Å². The van der Waals surface area contributed by atoms with Crippen LogP contribution in [0, 0.1) is 12.3 Å². The molecule has 0 radical (unpaired) electrons. The summed E-state index contributed by atoms with van der Waals surface area (Å²) in [5.41, 5.74) is 14.3. The number of aromatic nitrogens is 1. The van der Waals surface area contributed by atoms with Gasteiger partial charge in [0.1, 0.15) is 0 Å². The van der Waals surface area contributed by atoms with E-state index in [1.807, 2.05) is 11.3 Å². The molecule has 8 rings (SSSR count). The summed E-state index contributed by atoms with van der Waals surface area (Å²) in [4.78, 5) is 3.78. The van der Waals surface area contributed by atoms with Gasteiger partial charge in [0.05, 0.1) is 33.8 Å². The fourth-order valence-electron chi connectivity index (χ4n) is 7.73. The van der Waals surface area contributed by atoms with Crippen LogP contribution >= 0.6 is 11.3 Å². The first-order valence-electron chi connectivity index (χ1n) is 15.3. The largest absolute Gasteiger partial charge is 0.310 e. The minimum atomic E-state index is -0.103. The second-order valence-corrected chi connectivity index (χ2v) is 13.9. The van der Waals surface area contributed by atoms with Gasteiger partial charge in [-0.2, -0.15) is 0 Å². The number of terminal acetylenes is 1. The number of thiophene rings is 1. The zero-order valence-corrected chi connectivity index (χ0v) is 26.6. The Morgan fingerprint density at radius 1 is 0.727 bits per heavy atom.